The summed E-state index contributed by atoms with van der Waals surface area (Å²) < 4.78 is 0. The first kappa shape index (κ1) is 20.0. The summed E-state index contributed by atoms with van der Waals surface area (Å²) in [4.78, 5) is 38.3. The SMILES string of the molecule is CC1(C)C(N)C(C)(C)C1NCc1cccc2c1CN(C1CCC(=O)NC1=O)C2=O. The first-order valence-electron chi connectivity index (χ1n) is 10.3. The van der Waals surface area contributed by atoms with Crippen molar-refractivity contribution >= 4 is 17.7 Å². The highest BCUT2D eigenvalue weighted by atomic mass is 16.2. The standard InChI is InChI=1S/C22H30N4O3/c1-21(2)19(23)22(3,4)20(21)24-10-12-6-5-7-13-14(12)11-26(18(13)29)15-8-9-16(27)25-17(15)28/h5-7,15,19-20,24H,8-11,23H2,1-4H3,(H,25,27,28). The van der Waals surface area contributed by atoms with Gasteiger partial charge in [-0.05, 0) is 34.4 Å². The molecule has 0 bridgehead atoms. The number of nitrogens with two attached hydrogens (primary N) is 1. The molecule has 3 aliphatic rings. The number of piperidine rings is 1. The molecule has 1 atom stereocenters. The highest BCUT2D eigenvalue weighted by Gasteiger charge is 2.59. The Kier molecular flexibility index (Phi) is 4.59. The van der Waals surface area contributed by atoms with Crippen LogP contribution in [0.3, 0.4) is 0 Å². The highest BCUT2D eigenvalue weighted by molar-refractivity contribution is 6.05. The molecule has 0 spiro atoms. The molecule has 0 aromatic heterocycles. The van der Waals surface area contributed by atoms with E-state index in [1.54, 1.807) is 4.90 Å². The molecule has 1 aromatic rings. The van der Waals surface area contributed by atoms with Gasteiger partial charge in [-0.15, -0.1) is 0 Å². The molecule has 29 heavy (non-hydrogen) atoms. The molecule has 1 saturated heterocycles. The molecule has 4 N–H and O–H groups in total. The van der Waals surface area contributed by atoms with Gasteiger partial charge in [0.15, 0.2) is 0 Å². The van der Waals surface area contributed by atoms with Crippen LogP contribution in [0.15, 0.2) is 18.2 Å². The summed E-state index contributed by atoms with van der Waals surface area (Å²) >= 11 is 0. The van der Waals surface area contributed by atoms with Crippen molar-refractivity contribution < 1.29 is 14.4 Å². The number of nitrogens with one attached hydrogen (secondary N) is 2. The van der Waals surface area contributed by atoms with E-state index in [2.05, 4.69) is 38.3 Å². The maximum Gasteiger partial charge on any atom is 0.255 e. The molecular formula is C22H30N4O3. The summed E-state index contributed by atoms with van der Waals surface area (Å²) in [5.74, 6) is -0.791. The third-order valence-electron chi connectivity index (χ3n) is 7.27. The van der Waals surface area contributed by atoms with Gasteiger partial charge in [0.05, 0.1) is 0 Å². The van der Waals surface area contributed by atoms with Crippen LogP contribution in [0.25, 0.3) is 0 Å². The molecule has 1 saturated carbocycles. The summed E-state index contributed by atoms with van der Waals surface area (Å²) in [6.45, 7) is 9.78. The minimum absolute atomic E-state index is 0.00394. The van der Waals surface area contributed by atoms with E-state index in [1.807, 2.05) is 18.2 Å². The average molecular weight is 399 g/mol. The fourth-order valence-corrected chi connectivity index (χ4v) is 5.73. The monoisotopic (exact) mass is 398 g/mol. The van der Waals surface area contributed by atoms with E-state index in [0.29, 0.717) is 25.1 Å². The largest absolute Gasteiger partial charge is 0.327 e. The topological polar surface area (TPSA) is 105 Å². The van der Waals surface area contributed by atoms with Gasteiger partial charge in [-0.25, -0.2) is 0 Å². The molecule has 2 heterocycles. The second-order valence-electron chi connectivity index (χ2n) is 9.78. The maximum atomic E-state index is 13.0. The number of amides is 3. The number of benzene rings is 1. The summed E-state index contributed by atoms with van der Waals surface area (Å²) in [6, 6.07) is 5.55. The van der Waals surface area contributed by atoms with E-state index < -0.39 is 6.04 Å². The second kappa shape index (κ2) is 6.64. The van der Waals surface area contributed by atoms with Gasteiger partial charge in [0.2, 0.25) is 11.8 Å². The quantitative estimate of drug-likeness (QED) is 0.663. The lowest BCUT2D eigenvalue weighted by molar-refractivity contribution is -0.136. The first-order valence-corrected chi connectivity index (χ1v) is 10.3. The van der Waals surface area contributed by atoms with Crippen molar-refractivity contribution in [2.24, 2.45) is 16.6 Å². The van der Waals surface area contributed by atoms with Gasteiger partial charge < -0.3 is 16.0 Å². The van der Waals surface area contributed by atoms with Crippen LogP contribution in [-0.4, -0.2) is 40.7 Å². The molecule has 2 aliphatic heterocycles. The first-order chi connectivity index (χ1) is 13.5. The average Bonchev–Trinajstić information content (AvgIpc) is 2.98. The number of carbonyl (C=O) groups excluding carboxylic acids is 3. The van der Waals surface area contributed by atoms with Crippen molar-refractivity contribution in [1.29, 1.82) is 0 Å². The molecule has 2 fully saturated rings. The molecular weight excluding hydrogens is 368 g/mol. The van der Waals surface area contributed by atoms with Crippen molar-refractivity contribution in [1.82, 2.24) is 15.5 Å². The lowest BCUT2D eigenvalue weighted by atomic mass is 9.48. The predicted molar refractivity (Wildman–Crippen MR) is 109 cm³/mol. The minimum Gasteiger partial charge on any atom is -0.327 e. The minimum atomic E-state index is -0.587. The Morgan fingerprint density at radius 1 is 1.17 bits per heavy atom. The molecule has 7 heteroatoms. The fourth-order valence-electron chi connectivity index (χ4n) is 5.73. The van der Waals surface area contributed by atoms with Crippen molar-refractivity contribution in [3.63, 3.8) is 0 Å². The van der Waals surface area contributed by atoms with Crippen LogP contribution in [0, 0.1) is 10.8 Å². The van der Waals surface area contributed by atoms with Crippen LogP contribution in [0.4, 0.5) is 0 Å². The third kappa shape index (κ3) is 2.99. The number of hydrogen-bond donors (Lipinski definition) is 3. The molecule has 156 valence electrons. The smallest absolute Gasteiger partial charge is 0.255 e. The van der Waals surface area contributed by atoms with Gasteiger partial charge in [-0.1, -0.05) is 39.8 Å². The number of carbonyl (C=O) groups is 3. The highest BCUT2D eigenvalue weighted by Crippen LogP contribution is 2.52. The fraction of sp³-hybridized carbons (Fsp3) is 0.591. The van der Waals surface area contributed by atoms with Crippen molar-refractivity contribution in [3.8, 4) is 0 Å². The van der Waals surface area contributed by atoms with Gasteiger partial charge in [-0.2, -0.15) is 0 Å². The van der Waals surface area contributed by atoms with Crippen molar-refractivity contribution in [3.05, 3.63) is 34.9 Å². The maximum absolute atomic E-state index is 13.0. The molecule has 1 aliphatic carbocycles. The number of rotatable bonds is 4. The predicted octanol–water partition coefficient (Wildman–Crippen LogP) is 1.30. The van der Waals surface area contributed by atoms with E-state index in [-0.39, 0.29) is 47.1 Å². The van der Waals surface area contributed by atoms with E-state index in [9.17, 15) is 14.4 Å². The van der Waals surface area contributed by atoms with Crippen molar-refractivity contribution in [2.75, 3.05) is 0 Å². The Morgan fingerprint density at radius 2 is 1.86 bits per heavy atom. The molecule has 1 aromatic carbocycles. The zero-order chi connectivity index (χ0) is 21.1. The Morgan fingerprint density at radius 3 is 2.52 bits per heavy atom. The molecule has 7 nitrogen and oxygen atoms in total. The summed E-state index contributed by atoms with van der Waals surface area (Å²) in [6.07, 6.45) is 0.636. The van der Waals surface area contributed by atoms with Crippen LogP contribution in [0.1, 0.15) is 62.0 Å². The molecule has 3 amide bonds. The van der Waals surface area contributed by atoms with Gasteiger partial charge >= 0.3 is 0 Å². The molecule has 1 unspecified atom stereocenters. The normalized spacial score (nSPS) is 30.0. The Labute approximate surface area is 171 Å². The van der Waals surface area contributed by atoms with Crippen LogP contribution in [-0.2, 0) is 22.7 Å². The lowest BCUT2D eigenvalue weighted by Gasteiger charge is -2.63. The van der Waals surface area contributed by atoms with Crippen LogP contribution in [0.2, 0.25) is 0 Å². The van der Waals surface area contributed by atoms with Gasteiger partial charge in [-0.3, -0.25) is 19.7 Å². The molecule has 4 rings (SSSR count). The number of imide groups is 1. The number of nitrogens with zero attached hydrogens (tertiary/aromatic N) is 1. The van der Waals surface area contributed by atoms with Gasteiger partial charge in [0.1, 0.15) is 6.04 Å². The van der Waals surface area contributed by atoms with E-state index >= 15 is 0 Å². The van der Waals surface area contributed by atoms with Gasteiger partial charge in [0.25, 0.3) is 5.91 Å². The molecule has 0 radical (unpaired) electrons. The zero-order valence-corrected chi connectivity index (χ0v) is 17.5. The van der Waals surface area contributed by atoms with E-state index in [4.69, 9.17) is 5.73 Å². The Balaban J connectivity index is 1.52. The van der Waals surface area contributed by atoms with Gasteiger partial charge in [0, 0.05) is 37.2 Å². The summed E-state index contributed by atoms with van der Waals surface area (Å²) in [5.41, 5.74) is 9.05. The van der Waals surface area contributed by atoms with Crippen LogP contribution in [0.5, 0.6) is 0 Å². The Bertz CT molecular complexity index is 876. The van der Waals surface area contributed by atoms with E-state index in [0.717, 1.165) is 11.1 Å². The Hall–Kier alpha value is -2.25. The summed E-state index contributed by atoms with van der Waals surface area (Å²) in [7, 11) is 0. The summed E-state index contributed by atoms with van der Waals surface area (Å²) in [5, 5.41) is 6.02. The van der Waals surface area contributed by atoms with Crippen molar-refractivity contribution in [2.45, 2.75) is 71.8 Å². The number of fused-ring (bicyclic) bond motifs is 1. The lowest BCUT2D eigenvalue weighted by Crippen LogP contribution is -2.75. The van der Waals surface area contributed by atoms with Crippen LogP contribution >= 0.6 is 0 Å². The third-order valence-corrected chi connectivity index (χ3v) is 7.27. The number of hydrogen-bond acceptors (Lipinski definition) is 5. The van der Waals surface area contributed by atoms with E-state index in [1.165, 1.54) is 0 Å². The zero-order valence-electron chi connectivity index (χ0n) is 17.5. The second-order valence-corrected chi connectivity index (χ2v) is 9.78. The van der Waals surface area contributed by atoms with Crippen LogP contribution < -0.4 is 16.4 Å².